The van der Waals surface area contributed by atoms with Crippen molar-refractivity contribution >= 4 is 28.8 Å². The van der Waals surface area contributed by atoms with Crippen molar-refractivity contribution in [2.45, 2.75) is 52.7 Å². The van der Waals surface area contributed by atoms with Gasteiger partial charge in [0.1, 0.15) is 11.2 Å². The third-order valence-electron chi connectivity index (χ3n) is 2.95. The summed E-state index contributed by atoms with van der Waals surface area (Å²) in [6.07, 6.45) is 0. The van der Waals surface area contributed by atoms with Gasteiger partial charge in [-0.1, -0.05) is 6.07 Å². The Bertz CT molecular complexity index is 833. The summed E-state index contributed by atoms with van der Waals surface area (Å²) >= 11 is 0. The number of anilines is 1. The van der Waals surface area contributed by atoms with Crippen LogP contribution < -0.4 is 5.73 Å². The molecule has 0 spiro atoms. The summed E-state index contributed by atoms with van der Waals surface area (Å²) in [6, 6.07) is 4.85. The van der Waals surface area contributed by atoms with E-state index in [0.29, 0.717) is 5.52 Å². The lowest BCUT2D eigenvalue weighted by molar-refractivity contribution is 0.00632. The van der Waals surface area contributed by atoms with Gasteiger partial charge in [-0.25, -0.2) is 19.6 Å². The van der Waals surface area contributed by atoms with Gasteiger partial charge in [0.15, 0.2) is 5.69 Å². The fourth-order valence-corrected chi connectivity index (χ4v) is 2.18. The molecule has 25 heavy (non-hydrogen) atoms. The molecule has 0 aliphatic carbocycles. The summed E-state index contributed by atoms with van der Waals surface area (Å²) in [7, 11) is 0. The summed E-state index contributed by atoms with van der Waals surface area (Å²) in [5.74, 6) is -1.33. The number of carbonyl (C=O) groups is 2. The number of nitrogens with zero attached hydrogens (tertiary/aromatic N) is 2. The second-order valence-corrected chi connectivity index (χ2v) is 7.63. The Hall–Kier alpha value is -2.70. The fraction of sp³-hybridized carbons (Fsp3) is 0.444. The predicted molar refractivity (Wildman–Crippen MR) is 94.3 cm³/mol. The van der Waals surface area contributed by atoms with Gasteiger partial charge in [-0.15, -0.1) is 0 Å². The van der Waals surface area contributed by atoms with Gasteiger partial charge in [-0.05, 0) is 53.7 Å². The van der Waals surface area contributed by atoms with Crippen molar-refractivity contribution in [2.75, 3.05) is 5.73 Å². The Labute approximate surface area is 146 Å². The summed E-state index contributed by atoms with van der Waals surface area (Å²) in [5, 5.41) is 0.264. The van der Waals surface area contributed by atoms with Crippen LogP contribution in [0.5, 0.6) is 0 Å². The second kappa shape index (κ2) is 6.31. The highest BCUT2D eigenvalue weighted by Gasteiger charge is 2.27. The molecule has 0 aliphatic heterocycles. The zero-order valence-corrected chi connectivity index (χ0v) is 15.3. The minimum atomic E-state index is -0.718. The number of nitrogen functional groups attached to an aromatic ring is 1. The van der Waals surface area contributed by atoms with Crippen molar-refractivity contribution in [2.24, 2.45) is 0 Å². The molecule has 0 saturated heterocycles. The molecule has 134 valence electrons. The lowest BCUT2D eigenvalue weighted by Crippen LogP contribution is -2.26. The van der Waals surface area contributed by atoms with E-state index in [-0.39, 0.29) is 22.6 Å². The Morgan fingerprint density at radius 2 is 1.48 bits per heavy atom. The highest BCUT2D eigenvalue weighted by atomic mass is 16.6. The zero-order valence-electron chi connectivity index (χ0n) is 15.3. The van der Waals surface area contributed by atoms with Gasteiger partial charge in [0.2, 0.25) is 5.95 Å². The van der Waals surface area contributed by atoms with Crippen LogP contribution in [0.4, 0.5) is 5.95 Å². The first kappa shape index (κ1) is 18.6. The molecule has 0 radical (unpaired) electrons. The van der Waals surface area contributed by atoms with Crippen molar-refractivity contribution < 1.29 is 19.1 Å². The minimum Gasteiger partial charge on any atom is -0.456 e. The molecular weight excluding hydrogens is 322 g/mol. The normalized spacial score (nSPS) is 12.1. The van der Waals surface area contributed by atoms with Crippen LogP contribution in [-0.4, -0.2) is 33.1 Å². The van der Waals surface area contributed by atoms with E-state index in [9.17, 15) is 9.59 Å². The van der Waals surface area contributed by atoms with E-state index in [2.05, 4.69) is 9.97 Å². The molecule has 0 saturated carbocycles. The van der Waals surface area contributed by atoms with Gasteiger partial charge in [0, 0.05) is 5.39 Å². The molecule has 0 atom stereocenters. The molecule has 0 amide bonds. The molecule has 1 aromatic heterocycles. The average Bonchev–Trinajstić information content (AvgIpc) is 2.41. The number of benzene rings is 1. The topological polar surface area (TPSA) is 104 Å². The summed E-state index contributed by atoms with van der Waals surface area (Å²) < 4.78 is 10.8. The number of esters is 2. The lowest BCUT2D eigenvalue weighted by atomic mass is 10.1. The molecule has 2 aromatic rings. The Balaban J connectivity index is 2.65. The van der Waals surface area contributed by atoms with Crippen LogP contribution in [0.15, 0.2) is 18.2 Å². The third kappa shape index (κ3) is 4.65. The van der Waals surface area contributed by atoms with Crippen LogP contribution >= 0.6 is 0 Å². The van der Waals surface area contributed by atoms with E-state index in [1.165, 1.54) is 0 Å². The number of aromatic nitrogens is 2. The molecule has 2 rings (SSSR count). The Morgan fingerprint density at radius 1 is 0.920 bits per heavy atom. The maximum absolute atomic E-state index is 12.6. The Kier molecular flexibility index (Phi) is 4.70. The smallest absolute Gasteiger partial charge is 0.358 e. The van der Waals surface area contributed by atoms with Gasteiger partial charge in [0.05, 0.1) is 11.1 Å². The van der Waals surface area contributed by atoms with Crippen LogP contribution in [-0.2, 0) is 9.47 Å². The molecule has 0 aliphatic rings. The maximum Gasteiger partial charge on any atom is 0.358 e. The van der Waals surface area contributed by atoms with Crippen molar-refractivity contribution in [1.82, 2.24) is 9.97 Å². The van der Waals surface area contributed by atoms with E-state index in [1.54, 1.807) is 59.7 Å². The number of hydrogen-bond acceptors (Lipinski definition) is 7. The highest BCUT2D eigenvalue weighted by molar-refractivity contribution is 6.11. The number of nitrogens with two attached hydrogens (primary N) is 1. The van der Waals surface area contributed by atoms with Crippen molar-refractivity contribution in [3.63, 3.8) is 0 Å². The summed E-state index contributed by atoms with van der Waals surface area (Å²) in [6.45, 7) is 10.5. The van der Waals surface area contributed by atoms with Crippen LogP contribution in [0.25, 0.3) is 10.9 Å². The molecular formula is C18H23N3O4. The molecule has 0 bridgehead atoms. The molecule has 2 N–H and O–H groups in total. The minimum absolute atomic E-state index is 0.0566. The van der Waals surface area contributed by atoms with Crippen molar-refractivity contribution in [3.05, 3.63) is 29.5 Å². The SMILES string of the molecule is CC(C)(C)OC(=O)c1cccc2nc(N)nc(C(=O)OC(C)(C)C)c12. The number of hydrogen-bond donors (Lipinski definition) is 1. The standard InChI is InChI=1S/C18H23N3O4/c1-17(2,3)24-14(22)10-8-7-9-11-12(10)13(21-16(19)20-11)15(23)25-18(4,5)6/h7-9H,1-6H3,(H2,19,20,21). The van der Waals surface area contributed by atoms with Crippen LogP contribution in [0.1, 0.15) is 62.4 Å². The summed E-state index contributed by atoms with van der Waals surface area (Å²) in [5.41, 5.74) is 4.81. The van der Waals surface area contributed by atoms with Crippen molar-refractivity contribution in [1.29, 1.82) is 0 Å². The largest absolute Gasteiger partial charge is 0.456 e. The van der Waals surface area contributed by atoms with Crippen molar-refractivity contribution in [3.8, 4) is 0 Å². The molecule has 0 unspecified atom stereocenters. The van der Waals surface area contributed by atoms with Gasteiger partial charge in [0.25, 0.3) is 0 Å². The van der Waals surface area contributed by atoms with E-state index in [0.717, 1.165) is 0 Å². The van der Waals surface area contributed by atoms with Gasteiger partial charge in [-0.3, -0.25) is 0 Å². The molecule has 7 nitrogen and oxygen atoms in total. The van der Waals surface area contributed by atoms with Crippen LogP contribution in [0.2, 0.25) is 0 Å². The first-order chi connectivity index (χ1) is 11.4. The van der Waals surface area contributed by atoms with E-state index in [4.69, 9.17) is 15.2 Å². The van der Waals surface area contributed by atoms with Gasteiger partial charge >= 0.3 is 11.9 Å². The van der Waals surface area contributed by atoms with Gasteiger partial charge in [-0.2, -0.15) is 0 Å². The molecule has 0 fully saturated rings. The maximum atomic E-state index is 12.6. The molecule has 7 heteroatoms. The molecule has 1 heterocycles. The number of rotatable bonds is 2. The van der Waals surface area contributed by atoms with E-state index in [1.807, 2.05) is 0 Å². The predicted octanol–water partition coefficient (Wildman–Crippen LogP) is 3.12. The monoisotopic (exact) mass is 345 g/mol. The Morgan fingerprint density at radius 3 is 2.04 bits per heavy atom. The van der Waals surface area contributed by atoms with E-state index < -0.39 is 23.1 Å². The second-order valence-electron chi connectivity index (χ2n) is 7.63. The third-order valence-corrected chi connectivity index (χ3v) is 2.95. The number of fused-ring (bicyclic) bond motifs is 1. The van der Waals surface area contributed by atoms with E-state index >= 15 is 0 Å². The highest BCUT2D eigenvalue weighted by Crippen LogP contribution is 2.25. The average molecular weight is 345 g/mol. The number of carbonyl (C=O) groups excluding carboxylic acids is 2. The first-order valence-corrected chi connectivity index (χ1v) is 7.90. The quantitative estimate of drug-likeness (QED) is 0.834. The first-order valence-electron chi connectivity index (χ1n) is 7.90. The lowest BCUT2D eigenvalue weighted by Gasteiger charge is -2.21. The number of ether oxygens (including phenoxy) is 2. The van der Waals surface area contributed by atoms with Gasteiger partial charge < -0.3 is 15.2 Å². The zero-order chi connectivity index (χ0) is 19.0. The molecule has 1 aromatic carbocycles. The van der Waals surface area contributed by atoms with Crippen LogP contribution in [0, 0.1) is 0 Å². The van der Waals surface area contributed by atoms with Crippen LogP contribution in [0.3, 0.4) is 0 Å². The summed E-state index contributed by atoms with van der Waals surface area (Å²) in [4.78, 5) is 33.2. The fourth-order valence-electron chi connectivity index (χ4n) is 2.18.